The second-order valence-electron chi connectivity index (χ2n) is 9.20. The maximum atomic E-state index is 13.5. The molecule has 0 spiro atoms. The lowest BCUT2D eigenvalue weighted by molar-refractivity contribution is -0.613. The highest BCUT2D eigenvalue weighted by Gasteiger charge is 2.40. The van der Waals surface area contributed by atoms with Crippen LogP contribution in [-0.4, -0.2) is 42.4 Å². The Kier molecular flexibility index (Phi) is 6.73. The summed E-state index contributed by atoms with van der Waals surface area (Å²) in [6.45, 7) is 0. The van der Waals surface area contributed by atoms with Gasteiger partial charge < -0.3 is 9.52 Å². The van der Waals surface area contributed by atoms with Crippen molar-refractivity contribution in [3.63, 3.8) is 0 Å². The Labute approximate surface area is 228 Å². The number of hydrogen-bond acceptors (Lipinski definition) is 10. The molecule has 0 bridgehead atoms. The van der Waals surface area contributed by atoms with Gasteiger partial charge >= 0.3 is 17.8 Å². The maximum absolute atomic E-state index is 13.5. The van der Waals surface area contributed by atoms with Crippen LogP contribution in [0.25, 0.3) is 33.7 Å². The van der Waals surface area contributed by atoms with E-state index in [0.717, 1.165) is 12.0 Å². The molecule has 2 aromatic carbocycles. The van der Waals surface area contributed by atoms with E-state index >= 15 is 0 Å². The van der Waals surface area contributed by atoms with Gasteiger partial charge in [0, 0.05) is 17.4 Å². The van der Waals surface area contributed by atoms with Crippen LogP contribution in [-0.2, 0) is 6.18 Å². The first-order chi connectivity index (χ1) is 19.3. The van der Waals surface area contributed by atoms with E-state index in [1.54, 1.807) is 23.5 Å². The SMILES string of the molecule is O=c1nc2ccccc2c(-c2ccccc2)nc1Nc1nnc(-c2nc(C(F)(F)F)sc2[NH2+]C2CCC[C@@H]2O)o1. The van der Waals surface area contributed by atoms with Crippen LogP contribution in [0.15, 0.2) is 63.8 Å². The maximum Gasteiger partial charge on any atom is 0.443 e. The highest BCUT2D eigenvalue weighted by Crippen LogP contribution is 2.39. The molecule has 0 radical (unpaired) electrons. The summed E-state index contributed by atoms with van der Waals surface area (Å²) in [5.41, 5.74) is 0.792. The Morgan fingerprint density at radius 2 is 1.75 bits per heavy atom. The third-order valence-electron chi connectivity index (χ3n) is 6.50. The number of anilines is 2. The number of rotatable bonds is 6. The number of halogens is 3. The number of aliphatic hydroxyl groups excluding tert-OH is 1. The van der Waals surface area contributed by atoms with Crippen LogP contribution in [0, 0.1) is 0 Å². The molecule has 0 aliphatic heterocycles. The first kappa shape index (κ1) is 26.0. The largest absolute Gasteiger partial charge is 0.443 e. The van der Waals surface area contributed by atoms with Crippen LogP contribution in [0.1, 0.15) is 24.3 Å². The number of thiazole rings is 1. The number of nitrogens with one attached hydrogen (secondary N) is 1. The van der Waals surface area contributed by atoms with E-state index in [2.05, 4.69) is 30.5 Å². The first-order valence-electron chi connectivity index (χ1n) is 12.3. The standard InChI is InChI=1S/C26H20F3N7O3S/c27-26(28,29)24-33-19(23(40-24)31-16-11-6-12-17(16)37)22-35-36-25(39-22)34-20-21(38)30-15-10-5-4-9-14(15)18(32-20)13-7-2-1-3-8-13/h1-5,7-10,16-17,31,37H,6,11-12H2,(H,30,32,34,36,38)/p+1/t16?,17-/m0/s1. The van der Waals surface area contributed by atoms with Crippen molar-refractivity contribution in [2.45, 2.75) is 37.6 Å². The fourth-order valence-electron chi connectivity index (χ4n) is 4.60. The van der Waals surface area contributed by atoms with E-state index < -0.39 is 22.8 Å². The highest BCUT2D eigenvalue weighted by molar-refractivity contribution is 7.15. The third kappa shape index (κ3) is 5.15. The molecule has 5 aromatic rings. The van der Waals surface area contributed by atoms with E-state index in [9.17, 15) is 23.1 Å². The van der Waals surface area contributed by atoms with Gasteiger partial charge in [0.15, 0.2) is 0 Å². The van der Waals surface area contributed by atoms with Crippen LogP contribution in [0.4, 0.5) is 30.0 Å². The fourth-order valence-corrected chi connectivity index (χ4v) is 5.53. The molecule has 0 amide bonds. The zero-order chi connectivity index (χ0) is 27.9. The number of para-hydroxylation sites is 1. The third-order valence-corrected chi connectivity index (χ3v) is 7.57. The molecule has 4 N–H and O–H groups in total. The minimum atomic E-state index is -4.68. The summed E-state index contributed by atoms with van der Waals surface area (Å²) in [5.74, 6) is -0.484. The van der Waals surface area contributed by atoms with Crippen LogP contribution < -0.4 is 16.2 Å². The minimum absolute atomic E-state index is 0.153. The summed E-state index contributed by atoms with van der Waals surface area (Å²) in [4.78, 5) is 25.4. The van der Waals surface area contributed by atoms with Gasteiger partial charge in [-0.15, -0.1) is 5.10 Å². The van der Waals surface area contributed by atoms with Crippen molar-refractivity contribution in [1.82, 2.24) is 25.1 Å². The van der Waals surface area contributed by atoms with Gasteiger partial charge in [0.25, 0.3) is 5.89 Å². The molecule has 1 aliphatic rings. The summed E-state index contributed by atoms with van der Waals surface area (Å²) < 4.78 is 46.2. The number of fused-ring (bicyclic) bond motifs is 1. The Balaban J connectivity index is 1.38. The molecular weight excluding hydrogens is 547 g/mol. The number of quaternary nitrogens is 1. The van der Waals surface area contributed by atoms with Crippen molar-refractivity contribution >= 4 is 39.1 Å². The number of aromatic nitrogens is 5. The van der Waals surface area contributed by atoms with Gasteiger partial charge in [-0.05, 0) is 18.9 Å². The molecule has 3 heterocycles. The van der Waals surface area contributed by atoms with Crippen molar-refractivity contribution in [3.05, 3.63) is 70.0 Å². The summed E-state index contributed by atoms with van der Waals surface area (Å²) in [6.07, 6.45) is -3.34. The number of benzene rings is 2. The van der Waals surface area contributed by atoms with Gasteiger partial charge in [0.1, 0.15) is 12.1 Å². The predicted octanol–water partition coefficient (Wildman–Crippen LogP) is 4.03. The highest BCUT2D eigenvalue weighted by atomic mass is 32.1. The second kappa shape index (κ2) is 10.4. The van der Waals surface area contributed by atoms with E-state index in [-0.39, 0.29) is 34.5 Å². The van der Waals surface area contributed by atoms with Gasteiger partial charge in [-0.25, -0.2) is 15.0 Å². The molecule has 14 heteroatoms. The Hall–Kier alpha value is -4.27. The molecule has 1 unspecified atom stereocenters. The minimum Gasteiger partial charge on any atom is -0.401 e. The smallest absolute Gasteiger partial charge is 0.401 e. The Morgan fingerprint density at radius 3 is 2.50 bits per heavy atom. The van der Waals surface area contributed by atoms with E-state index in [0.29, 0.717) is 40.8 Å². The summed E-state index contributed by atoms with van der Waals surface area (Å²) in [5, 5.41) is 21.9. The molecule has 2 atom stereocenters. The van der Waals surface area contributed by atoms with Gasteiger partial charge in [0.05, 0.1) is 11.2 Å². The molecule has 40 heavy (non-hydrogen) atoms. The molecule has 0 saturated heterocycles. The molecule has 3 aromatic heterocycles. The van der Waals surface area contributed by atoms with Crippen molar-refractivity contribution in [3.8, 4) is 22.8 Å². The summed E-state index contributed by atoms with van der Waals surface area (Å²) >= 11 is 0.442. The average molecular weight is 569 g/mol. The summed E-state index contributed by atoms with van der Waals surface area (Å²) in [6, 6.07) is 15.7. The fraction of sp³-hybridized carbons (Fsp3) is 0.231. The number of nitrogens with zero attached hydrogens (tertiary/aromatic N) is 5. The van der Waals surface area contributed by atoms with Crippen LogP contribution >= 0.6 is 11.3 Å². The van der Waals surface area contributed by atoms with Gasteiger partial charge in [-0.1, -0.05) is 65.0 Å². The lowest BCUT2D eigenvalue weighted by Gasteiger charge is -2.11. The van der Waals surface area contributed by atoms with Crippen molar-refractivity contribution in [2.75, 3.05) is 5.32 Å². The molecule has 1 saturated carbocycles. The zero-order valence-corrected chi connectivity index (χ0v) is 21.4. The Morgan fingerprint density at radius 1 is 0.975 bits per heavy atom. The van der Waals surface area contributed by atoms with Crippen molar-refractivity contribution in [2.24, 2.45) is 0 Å². The topological polar surface area (TPSA) is 144 Å². The monoisotopic (exact) mass is 568 g/mol. The second-order valence-corrected chi connectivity index (χ2v) is 10.2. The van der Waals surface area contributed by atoms with Gasteiger partial charge in [-0.2, -0.15) is 13.2 Å². The lowest BCUT2D eigenvalue weighted by Crippen LogP contribution is -2.86. The van der Waals surface area contributed by atoms with Crippen LogP contribution in [0.5, 0.6) is 0 Å². The van der Waals surface area contributed by atoms with Gasteiger partial charge in [-0.3, -0.25) is 15.4 Å². The van der Waals surface area contributed by atoms with E-state index in [1.807, 2.05) is 36.4 Å². The Bertz CT molecular complexity index is 1740. The van der Waals surface area contributed by atoms with Crippen molar-refractivity contribution < 1.29 is 28.0 Å². The molecule has 1 aliphatic carbocycles. The van der Waals surface area contributed by atoms with Crippen LogP contribution in [0.3, 0.4) is 0 Å². The zero-order valence-electron chi connectivity index (χ0n) is 20.6. The molecule has 6 rings (SSSR count). The van der Waals surface area contributed by atoms with Gasteiger partial charge in [0.2, 0.25) is 21.5 Å². The lowest BCUT2D eigenvalue weighted by atomic mass is 10.1. The molecule has 1 fully saturated rings. The number of aliphatic hydroxyl groups is 1. The van der Waals surface area contributed by atoms with Crippen molar-refractivity contribution in [1.29, 1.82) is 0 Å². The summed E-state index contributed by atoms with van der Waals surface area (Å²) in [7, 11) is 0. The van der Waals surface area contributed by atoms with E-state index in [1.165, 1.54) is 0 Å². The first-order valence-corrected chi connectivity index (χ1v) is 13.2. The average Bonchev–Trinajstić information content (AvgIpc) is 3.66. The predicted molar refractivity (Wildman–Crippen MR) is 140 cm³/mol. The molecule has 204 valence electrons. The number of nitrogens with two attached hydrogens (primary N) is 1. The van der Waals surface area contributed by atoms with E-state index in [4.69, 9.17) is 4.42 Å². The molecule has 10 nitrogen and oxygen atoms in total. The molecular formula is C26H21F3N7O3S+. The van der Waals surface area contributed by atoms with Crippen LogP contribution in [0.2, 0.25) is 0 Å². The normalized spacial score (nSPS) is 17.4. The quantitative estimate of drug-likeness (QED) is 0.277. The number of alkyl halides is 3. The number of hydrogen-bond donors (Lipinski definition) is 3.